The molecule has 1 heterocycles. The second-order valence-electron chi connectivity index (χ2n) is 6.32. The molecule has 2 aliphatic rings. The molecular weight excluding hydrogens is 296 g/mol. The average molecular weight is 316 g/mol. The van der Waals surface area contributed by atoms with Gasteiger partial charge in [-0.15, -0.1) is 0 Å². The fourth-order valence-electron chi connectivity index (χ4n) is 3.04. The molecule has 2 N–H and O–H groups in total. The Kier molecular flexibility index (Phi) is 4.07. The molecule has 6 nitrogen and oxygen atoms in total. The molecular formula is C17H20N2O4. The van der Waals surface area contributed by atoms with Gasteiger partial charge in [-0.2, -0.15) is 0 Å². The van der Waals surface area contributed by atoms with Crippen LogP contribution in [0.25, 0.3) is 0 Å². The zero-order valence-electron chi connectivity index (χ0n) is 13.0. The predicted octanol–water partition coefficient (Wildman–Crippen LogP) is 1.97. The van der Waals surface area contributed by atoms with Gasteiger partial charge in [-0.3, -0.25) is 14.4 Å². The van der Waals surface area contributed by atoms with Gasteiger partial charge in [0.1, 0.15) is 0 Å². The molecule has 0 aromatic heterocycles. The Bertz CT molecular complexity index is 654. The molecule has 2 fully saturated rings. The fraction of sp³-hybridized carbons (Fsp3) is 0.471. The summed E-state index contributed by atoms with van der Waals surface area (Å²) in [6, 6.07) is 6.50. The third kappa shape index (κ3) is 3.21. The van der Waals surface area contributed by atoms with E-state index in [2.05, 4.69) is 5.32 Å². The van der Waals surface area contributed by atoms with E-state index in [-0.39, 0.29) is 23.8 Å². The SMILES string of the molecule is CC1C(C(=O)O)CCN1C(=O)c1cccc(NC(=O)C2CC2)c1. The van der Waals surface area contributed by atoms with Crippen LogP contribution in [-0.4, -0.2) is 40.4 Å². The Labute approximate surface area is 134 Å². The van der Waals surface area contributed by atoms with Crippen LogP contribution in [0, 0.1) is 11.8 Å². The lowest BCUT2D eigenvalue weighted by molar-refractivity contribution is -0.142. The Morgan fingerprint density at radius 2 is 1.96 bits per heavy atom. The van der Waals surface area contributed by atoms with E-state index in [0.29, 0.717) is 24.2 Å². The van der Waals surface area contributed by atoms with Gasteiger partial charge >= 0.3 is 5.97 Å². The van der Waals surface area contributed by atoms with Gasteiger partial charge < -0.3 is 15.3 Å². The molecule has 23 heavy (non-hydrogen) atoms. The largest absolute Gasteiger partial charge is 0.481 e. The summed E-state index contributed by atoms with van der Waals surface area (Å²) in [5.74, 6) is -1.47. The number of hydrogen-bond acceptors (Lipinski definition) is 3. The second kappa shape index (κ2) is 6.02. The molecule has 2 amide bonds. The van der Waals surface area contributed by atoms with Crippen LogP contribution in [0.3, 0.4) is 0 Å². The van der Waals surface area contributed by atoms with Crippen molar-refractivity contribution in [2.45, 2.75) is 32.2 Å². The second-order valence-corrected chi connectivity index (χ2v) is 6.32. The standard InChI is InChI=1S/C17H20N2O4/c1-10-14(17(22)23)7-8-19(10)16(21)12-3-2-4-13(9-12)18-15(20)11-5-6-11/h2-4,9-11,14H,5-8H2,1H3,(H,18,20)(H,22,23). The zero-order chi connectivity index (χ0) is 16.6. The number of hydrogen-bond donors (Lipinski definition) is 2. The van der Waals surface area contributed by atoms with Crippen molar-refractivity contribution in [2.24, 2.45) is 11.8 Å². The number of aliphatic carboxylic acids is 1. The molecule has 0 spiro atoms. The maximum absolute atomic E-state index is 12.6. The topological polar surface area (TPSA) is 86.7 Å². The van der Waals surface area contributed by atoms with Crippen molar-refractivity contribution >= 4 is 23.5 Å². The van der Waals surface area contributed by atoms with Crippen molar-refractivity contribution in [1.82, 2.24) is 4.90 Å². The van der Waals surface area contributed by atoms with Crippen molar-refractivity contribution in [3.05, 3.63) is 29.8 Å². The van der Waals surface area contributed by atoms with Gasteiger partial charge in [-0.1, -0.05) is 6.07 Å². The highest BCUT2D eigenvalue weighted by molar-refractivity contribution is 5.98. The fourth-order valence-corrected chi connectivity index (χ4v) is 3.04. The number of anilines is 1. The molecule has 122 valence electrons. The van der Waals surface area contributed by atoms with Crippen molar-refractivity contribution in [3.63, 3.8) is 0 Å². The number of likely N-dealkylation sites (tertiary alicyclic amines) is 1. The van der Waals surface area contributed by atoms with Crippen LogP contribution in [-0.2, 0) is 9.59 Å². The molecule has 1 saturated carbocycles. The maximum Gasteiger partial charge on any atom is 0.308 e. The zero-order valence-corrected chi connectivity index (χ0v) is 13.0. The van der Waals surface area contributed by atoms with Crippen molar-refractivity contribution in [3.8, 4) is 0 Å². The Morgan fingerprint density at radius 3 is 2.57 bits per heavy atom. The van der Waals surface area contributed by atoms with E-state index in [1.807, 2.05) is 0 Å². The molecule has 1 aliphatic heterocycles. The number of nitrogens with zero attached hydrogens (tertiary/aromatic N) is 1. The van der Waals surface area contributed by atoms with Crippen LogP contribution in [0.4, 0.5) is 5.69 Å². The van der Waals surface area contributed by atoms with E-state index >= 15 is 0 Å². The van der Waals surface area contributed by atoms with E-state index in [9.17, 15) is 14.4 Å². The number of nitrogens with one attached hydrogen (secondary N) is 1. The summed E-state index contributed by atoms with van der Waals surface area (Å²) in [7, 11) is 0. The number of rotatable bonds is 4. The van der Waals surface area contributed by atoms with Crippen LogP contribution in [0.1, 0.15) is 36.5 Å². The first-order chi connectivity index (χ1) is 11.0. The minimum absolute atomic E-state index is 0.00455. The van der Waals surface area contributed by atoms with Gasteiger partial charge in [0, 0.05) is 29.8 Å². The highest BCUT2D eigenvalue weighted by Gasteiger charge is 2.38. The third-order valence-electron chi connectivity index (χ3n) is 4.66. The van der Waals surface area contributed by atoms with E-state index < -0.39 is 11.9 Å². The summed E-state index contributed by atoms with van der Waals surface area (Å²) in [5.41, 5.74) is 1.07. The van der Waals surface area contributed by atoms with E-state index in [1.54, 1.807) is 36.1 Å². The number of carboxylic acid groups (broad SMARTS) is 1. The van der Waals surface area contributed by atoms with Gasteiger partial charge in [-0.25, -0.2) is 0 Å². The van der Waals surface area contributed by atoms with Gasteiger partial charge in [0.2, 0.25) is 5.91 Å². The lowest BCUT2D eigenvalue weighted by Gasteiger charge is -2.23. The molecule has 3 rings (SSSR count). The van der Waals surface area contributed by atoms with Crippen LogP contribution in [0.15, 0.2) is 24.3 Å². The first kappa shape index (κ1) is 15.5. The molecule has 6 heteroatoms. The number of carboxylic acids is 1. The monoisotopic (exact) mass is 316 g/mol. The predicted molar refractivity (Wildman–Crippen MR) is 84.0 cm³/mol. The first-order valence-corrected chi connectivity index (χ1v) is 7.92. The average Bonchev–Trinajstić information content (AvgIpc) is 3.29. The van der Waals surface area contributed by atoms with E-state index in [0.717, 1.165) is 12.8 Å². The molecule has 0 bridgehead atoms. The van der Waals surface area contributed by atoms with Gasteiger partial charge in [0.25, 0.3) is 5.91 Å². The van der Waals surface area contributed by atoms with Crippen molar-refractivity contribution < 1.29 is 19.5 Å². The molecule has 1 saturated heterocycles. The molecule has 2 unspecified atom stereocenters. The number of carbonyl (C=O) groups is 3. The van der Waals surface area contributed by atoms with Crippen LogP contribution >= 0.6 is 0 Å². The summed E-state index contributed by atoms with van der Waals surface area (Å²) in [6.45, 7) is 2.21. The molecule has 1 aliphatic carbocycles. The molecule has 0 radical (unpaired) electrons. The highest BCUT2D eigenvalue weighted by Crippen LogP contribution is 2.30. The number of carbonyl (C=O) groups excluding carboxylic acids is 2. The smallest absolute Gasteiger partial charge is 0.308 e. The van der Waals surface area contributed by atoms with Gasteiger partial charge in [0.15, 0.2) is 0 Å². The van der Waals surface area contributed by atoms with E-state index in [1.165, 1.54) is 0 Å². The normalized spacial score (nSPS) is 23.6. The van der Waals surface area contributed by atoms with E-state index in [4.69, 9.17) is 5.11 Å². The van der Waals surface area contributed by atoms with Crippen LogP contribution in [0.5, 0.6) is 0 Å². The quantitative estimate of drug-likeness (QED) is 0.889. The minimum Gasteiger partial charge on any atom is -0.481 e. The number of amides is 2. The van der Waals surface area contributed by atoms with Gasteiger partial charge in [-0.05, 0) is 44.4 Å². The summed E-state index contributed by atoms with van der Waals surface area (Å²) in [4.78, 5) is 37.2. The summed E-state index contributed by atoms with van der Waals surface area (Å²) >= 11 is 0. The first-order valence-electron chi connectivity index (χ1n) is 7.92. The lowest BCUT2D eigenvalue weighted by atomic mass is 10.0. The van der Waals surface area contributed by atoms with Crippen LogP contribution in [0.2, 0.25) is 0 Å². The summed E-state index contributed by atoms with van der Waals surface area (Å²) < 4.78 is 0. The molecule has 2 atom stereocenters. The van der Waals surface area contributed by atoms with Crippen molar-refractivity contribution in [1.29, 1.82) is 0 Å². The summed E-state index contributed by atoms with van der Waals surface area (Å²) in [5, 5.41) is 12.0. The van der Waals surface area contributed by atoms with Crippen LogP contribution < -0.4 is 5.32 Å². The Balaban J connectivity index is 1.72. The Morgan fingerprint density at radius 1 is 1.22 bits per heavy atom. The minimum atomic E-state index is -0.863. The van der Waals surface area contributed by atoms with Crippen molar-refractivity contribution in [2.75, 3.05) is 11.9 Å². The number of benzene rings is 1. The molecule has 1 aromatic rings. The lowest BCUT2D eigenvalue weighted by Crippen LogP contribution is -2.37. The summed E-state index contributed by atoms with van der Waals surface area (Å²) in [6.07, 6.45) is 2.32. The Hall–Kier alpha value is -2.37. The third-order valence-corrected chi connectivity index (χ3v) is 4.66. The molecule has 1 aromatic carbocycles. The van der Waals surface area contributed by atoms with Gasteiger partial charge in [0.05, 0.1) is 5.92 Å². The maximum atomic E-state index is 12.6. The highest BCUT2D eigenvalue weighted by atomic mass is 16.4.